The van der Waals surface area contributed by atoms with Crippen LogP contribution in [0.15, 0.2) is 34.5 Å². The molecule has 0 aliphatic carbocycles. The van der Waals surface area contributed by atoms with Crippen molar-refractivity contribution in [2.75, 3.05) is 18.9 Å². The number of aromatic nitrogens is 6. The molecule has 6 heterocycles. The van der Waals surface area contributed by atoms with E-state index < -0.39 is 82.0 Å². The highest BCUT2D eigenvalue weighted by atomic mass is 32.5. The van der Waals surface area contributed by atoms with E-state index in [4.69, 9.17) is 45.1 Å². The van der Waals surface area contributed by atoms with E-state index in [2.05, 4.69) is 15.0 Å². The lowest BCUT2D eigenvalue weighted by molar-refractivity contribution is -0.0636. The fourth-order valence-electron chi connectivity index (χ4n) is 4.74. The van der Waals surface area contributed by atoms with Crippen molar-refractivity contribution in [2.45, 2.75) is 49.5 Å². The van der Waals surface area contributed by atoms with E-state index in [0.29, 0.717) is 11.2 Å². The summed E-state index contributed by atoms with van der Waals surface area (Å²) in [7, 11) is -4.84. The molecular formula is C19H22FN7O11P2S. The minimum absolute atomic E-state index is 0.0151. The Balaban J connectivity index is 1.25. The number of aromatic amines is 1. The van der Waals surface area contributed by atoms with Crippen LogP contribution in [0.5, 0.6) is 0 Å². The summed E-state index contributed by atoms with van der Waals surface area (Å²) in [4.78, 5) is 59.1. The van der Waals surface area contributed by atoms with Crippen LogP contribution in [0.3, 0.4) is 0 Å². The minimum atomic E-state index is -4.84. The number of anilines is 1. The molecule has 0 amide bonds. The zero-order valence-corrected chi connectivity index (χ0v) is 23.1. The molecule has 0 radical (unpaired) electrons. The van der Waals surface area contributed by atoms with Gasteiger partial charge in [-0.15, -0.1) is 0 Å². The number of alkyl halides is 1. The smallest absolute Gasteiger partial charge is 0.382 e. The Morgan fingerprint density at radius 1 is 1.07 bits per heavy atom. The molecule has 18 nitrogen and oxygen atoms in total. The summed E-state index contributed by atoms with van der Waals surface area (Å²) in [6, 6.07) is 0.968. The highest BCUT2D eigenvalue weighted by Crippen LogP contribution is 2.54. The van der Waals surface area contributed by atoms with E-state index in [0.717, 1.165) is 16.8 Å². The summed E-state index contributed by atoms with van der Waals surface area (Å²) in [6.07, 6.45) is -6.40. The van der Waals surface area contributed by atoms with Crippen molar-refractivity contribution in [3.05, 3.63) is 45.8 Å². The fraction of sp³-hybridized carbons (Fsp3) is 0.526. The number of rotatable bonds is 2. The van der Waals surface area contributed by atoms with E-state index in [-0.39, 0.29) is 12.2 Å². The minimum Gasteiger partial charge on any atom is -0.382 e. The number of hydrogen-bond donors (Lipinski definition) is 4. The maximum atomic E-state index is 15.6. The van der Waals surface area contributed by atoms with Gasteiger partial charge in [0.25, 0.3) is 5.56 Å². The second-order valence-corrected chi connectivity index (χ2v) is 13.4. The lowest BCUT2D eigenvalue weighted by Gasteiger charge is -2.28. The average Bonchev–Trinajstić information content (AvgIpc) is 3.58. The first-order valence-electron chi connectivity index (χ1n) is 11.9. The third-order valence-corrected chi connectivity index (χ3v) is 9.17. The van der Waals surface area contributed by atoms with Crippen LogP contribution in [0.25, 0.3) is 11.2 Å². The number of ether oxygens (including phenoxy) is 2. The first-order valence-corrected chi connectivity index (χ1v) is 16.0. The molecule has 3 aromatic rings. The Kier molecular flexibility index (Phi) is 7.44. The molecule has 5 N–H and O–H groups in total. The molecule has 3 saturated heterocycles. The Labute approximate surface area is 233 Å². The summed E-state index contributed by atoms with van der Waals surface area (Å²) >= 11 is 5.09. The van der Waals surface area contributed by atoms with Gasteiger partial charge < -0.3 is 29.5 Å². The van der Waals surface area contributed by atoms with Crippen molar-refractivity contribution in [3.8, 4) is 0 Å². The highest BCUT2D eigenvalue weighted by Gasteiger charge is 2.51. The second-order valence-electron chi connectivity index (χ2n) is 9.22. The predicted octanol–water partition coefficient (Wildman–Crippen LogP) is -0.384. The van der Waals surface area contributed by atoms with Gasteiger partial charge in [-0.25, -0.2) is 28.7 Å². The molecular weight excluding hydrogens is 615 g/mol. The summed E-state index contributed by atoms with van der Waals surface area (Å²) < 4.78 is 63.6. The number of halogens is 1. The van der Waals surface area contributed by atoms with Crippen LogP contribution in [0.1, 0.15) is 18.9 Å². The van der Waals surface area contributed by atoms with Crippen LogP contribution in [0.2, 0.25) is 0 Å². The van der Waals surface area contributed by atoms with Gasteiger partial charge in [0.2, 0.25) is 0 Å². The molecule has 0 bridgehead atoms. The highest BCUT2D eigenvalue weighted by molar-refractivity contribution is 8.07. The Hall–Kier alpha value is -2.48. The number of phosphoric acid groups is 1. The molecule has 0 spiro atoms. The summed E-state index contributed by atoms with van der Waals surface area (Å²) in [5, 5.41) is 0. The zero-order valence-electron chi connectivity index (χ0n) is 20.5. The quantitative estimate of drug-likeness (QED) is 0.262. The molecule has 3 aliphatic heterocycles. The van der Waals surface area contributed by atoms with E-state index in [1.54, 1.807) is 0 Å². The average molecular weight is 637 g/mol. The van der Waals surface area contributed by atoms with Gasteiger partial charge in [0, 0.05) is 18.7 Å². The van der Waals surface area contributed by atoms with Gasteiger partial charge in [0.15, 0.2) is 23.9 Å². The number of fused-ring (bicyclic) bond motifs is 3. The predicted molar refractivity (Wildman–Crippen MR) is 136 cm³/mol. The van der Waals surface area contributed by atoms with Crippen molar-refractivity contribution in [3.63, 3.8) is 0 Å². The van der Waals surface area contributed by atoms with Crippen LogP contribution in [-0.4, -0.2) is 82.7 Å². The number of nitrogen functional groups attached to an aromatic ring is 1. The van der Waals surface area contributed by atoms with Gasteiger partial charge in [0.05, 0.1) is 19.5 Å². The molecule has 22 heteroatoms. The van der Waals surface area contributed by atoms with Crippen molar-refractivity contribution >= 4 is 43.3 Å². The van der Waals surface area contributed by atoms with Crippen LogP contribution in [0.4, 0.5) is 10.2 Å². The molecule has 3 aliphatic rings. The van der Waals surface area contributed by atoms with E-state index in [1.165, 1.54) is 17.2 Å². The largest absolute Gasteiger partial charge is 0.472 e. The van der Waals surface area contributed by atoms with Gasteiger partial charge >= 0.3 is 20.2 Å². The van der Waals surface area contributed by atoms with Crippen molar-refractivity contribution in [2.24, 2.45) is 0 Å². The third-order valence-electron chi connectivity index (χ3n) is 6.60. The summed E-state index contributed by atoms with van der Waals surface area (Å²) in [5.74, 6) is 0.135. The first kappa shape index (κ1) is 28.6. The number of nitrogens with one attached hydrogen (secondary N) is 1. The standard InChI is InChI=1S/C19H22FN7O11P2S/c20-13-15-10(36-18(13)26-2-1-11(28)25-19(26)29)5-33-39(30,31)37-8-3-12(35-9(8)4-34-40(32,41)38-15)27-7-24-14-16(21)22-6-23-17(14)27/h1-2,6-10,12-13,15,18H,3-5H2,(H,30,31)(H,32,41)(H2,21,22,23)(H,25,28,29)/t8-,9?,10+,12+,13+,15+,18+,40?/m0/s1. The van der Waals surface area contributed by atoms with Gasteiger partial charge in [-0.1, -0.05) is 0 Å². The number of nitrogens with two attached hydrogens (primary N) is 1. The molecule has 0 saturated carbocycles. The van der Waals surface area contributed by atoms with Crippen LogP contribution in [0, 0.1) is 0 Å². The third kappa shape index (κ3) is 5.65. The Morgan fingerprint density at radius 2 is 1.85 bits per heavy atom. The van der Waals surface area contributed by atoms with E-state index in [9.17, 15) is 23.9 Å². The molecule has 6 rings (SSSR count). The lowest BCUT2D eigenvalue weighted by atomic mass is 10.1. The van der Waals surface area contributed by atoms with Gasteiger partial charge in [-0.05, 0) is 11.8 Å². The van der Waals surface area contributed by atoms with Gasteiger partial charge in [-0.2, -0.15) is 0 Å². The number of H-pyrrole nitrogens is 1. The molecule has 3 unspecified atom stereocenters. The molecule has 3 aromatic heterocycles. The van der Waals surface area contributed by atoms with Crippen LogP contribution < -0.4 is 17.0 Å². The Bertz CT molecular complexity index is 1690. The van der Waals surface area contributed by atoms with Crippen molar-refractivity contribution in [1.29, 1.82) is 0 Å². The maximum Gasteiger partial charge on any atom is 0.472 e. The summed E-state index contributed by atoms with van der Waals surface area (Å²) in [6.45, 7) is -5.46. The normalized spacial score (nSPS) is 38.2. The fourth-order valence-corrected chi connectivity index (χ4v) is 7.14. The lowest BCUT2D eigenvalue weighted by Crippen LogP contribution is -2.37. The van der Waals surface area contributed by atoms with E-state index >= 15 is 4.39 Å². The molecule has 222 valence electrons. The SMILES string of the molecule is Nc1ncnc2c1ncn2[C@H]1C[C@@H]2OP(=O)(O)OC[C@H]3O[C@@H](n4ccc(=O)[nH]c4=O)[C@H](F)[C@@H]3OP(O)(=S)OCC2O1. The number of phosphoric ester groups is 1. The van der Waals surface area contributed by atoms with E-state index in [1.807, 2.05) is 4.98 Å². The molecule has 9 atom stereocenters. The first-order chi connectivity index (χ1) is 19.4. The second kappa shape index (κ2) is 10.7. The molecule has 3 fully saturated rings. The zero-order chi connectivity index (χ0) is 29.1. The molecule has 0 aromatic carbocycles. The Morgan fingerprint density at radius 3 is 2.63 bits per heavy atom. The number of imidazole rings is 1. The summed E-state index contributed by atoms with van der Waals surface area (Å²) in [5.41, 5.74) is 4.77. The van der Waals surface area contributed by atoms with Gasteiger partial charge in [0.1, 0.15) is 42.5 Å². The van der Waals surface area contributed by atoms with Crippen LogP contribution >= 0.6 is 14.5 Å². The van der Waals surface area contributed by atoms with Gasteiger partial charge in [-0.3, -0.25) is 32.5 Å². The topological polar surface area (TPSA) is 237 Å². The monoisotopic (exact) mass is 637 g/mol. The maximum absolute atomic E-state index is 15.6. The van der Waals surface area contributed by atoms with Crippen molar-refractivity contribution < 1.29 is 46.3 Å². The number of nitrogens with zero attached hydrogens (tertiary/aromatic N) is 5. The number of hydrogen-bond acceptors (Lipinski definition) is 14. The van der Waals surface area contributed by atoms with Crippen LogP contribution in [-0.2, 0) is 43.9 Å². The van der Waals surface area contributed by atoms with Crippen molar-refractivity contribution in [1.82, 2.24) is 29.1 Å². The molecule has 41 heavy (non-hydrogen) atoms.